The largest absolute Gasteiger partial charge is 0.480 e. The van der Waals surface area contributed by atoms with Gasteiger partial charge < -0.3 is 15.4 Å². The van der Waals surface area contributed by atoms with E-state index in [-0.39, 0.29) is 6.54 Å². The molecule has 5 heteroatoms. The highest BCUT2D eigenvalue weighted by Crippen LogP contribution is 2.23. The van der Waals surface area contributed by atoms with E-state index in [0.29, 0.717) is 0 Å². The van der Waals surface area contributed by atoms with Crippen LogP contribution in [-0.2, 0) is 24.2 Å². The maximum atomic E-state index is 11.1. The molecule has 1 heterocycles. The smallest absolute Gasteiger partial charge is 0.325 e. The number of nitrogens with zero attached hydrogens (tertiary/aromatic N) is 2. The van der Waals surface area contributed by atoms with E-state index in [1.807, 2.05) is 11.5 Å². The summed E-state index contributed by atoms with van der Waals surface area (Å²) in [7, 11) is 0. The number of aliphatic carboxylic acids is 1. The third-order valence-electron chi connectivity index (χ3n) is 3.40. The number of aromatic nitrogens is 2. The summed E-state index contributed by atoms with van der Waals surface area (Å²) in [6.07, 6.45) is 4.29. The summed E-state index contributed by atoms with van der Waals surface area (Å²) in [4.78, 5) is 15.6. The van der Waals surface area contributed by atoms with Gasteiger partial charge in [-0.1, -0.05) is 0 Å². The standard InChI is InChI=1S/C12H19N3O2/c1-8-14-9-5-3-4-6-10(9)15(8)7-12(2,13)11(16)17/h3-7,13H2,1-2H3,(H,16,17). The predicted octanol–water partition coefficient (Wildman–Crippen LogP) is 0.872. The number of carboxylic acid groups (broad SMARTS) is 1. The molecule has 1 unspecified atom stereocenters. The lowest BCUT2D eigenvalue weighted by Crippen LogP contribution is -2.49. The Morgan fingerprint density at radius 2 is 2.18 bits per heavy atom. The quantitative estimate of drug-likeness (QED) is 0.817. The van der Waals surface area contributed by atoms with Crippen molar-refractivity contribution < 1.29 is 9.90 Å². The molecule has 5 nitrogen and oxygen atoms in total. The lowest BCUT2D eigenvalue weighted by Gasteiger charge is -2.23. The Kier molecular flexibility index (Phi) is 2.95. The zero-order valence-electron chi connectivity index (χ0n) is 10.4. The molecule has 0 aromatic carbocycles. The van der Waals surface area contributed by atoms with Crippen LogP contribution in [0.2, 0.25) is 0 Å². The van der Waals surface area contributed by atoms with Crippen LogP contribution in [0.1, 0.15) is 37.0 Å². The topological polar surface area (TPSA) is 81.1 Å². The number of fused-ring (bicyclic) bond motifs is 1. The number of nitrogens with two attached hydrogens (primary N) is 1. The van der Waals surface area contributed by atoms with Gasteiger partial charge in [0.05, 0.1) is 12.2 Å². The second-order valence-electron chi connectivity index (χ2n) is 5.07. The highest BCUT2D eigenvalue weighted by Gasteiger charge is 2.31. The summed E-state index contributed by atoms with van der Waals surface area (Å²) >= 11 is 0. The van der Waals surface area contributed by atoms with Gasteiger partial charge in [0.2, 0.25) is 0 Å². The molecule has 17 heavy (non-hydrogen) atoms. The summed E-state index contributed by atoms with van der Waals surface area (Å²) in [6.45, 7) is 3.75. The number of carbonyl (C=O) groups is 1. The summed E-state index contributed by atoms with van der Waals surface area (Å²) in [5.74, 6) is -0.106. The molecular weight excluding hydrogens is 218 g/mol. The number of aryl methyl sites for hydroxylation is 2. The van der Waals surface area contributed by atoms with Crippen molar-refractivity contribution in [1.29, 1.82) is 0 Å². The molecule has 0 saturated carbocycles. The fourth-order valence-electron chi connectivity index (χ4n) is 2.34. The molecule has 1 aromatic rings. The van der Waals surface area contributed by atoms with E-state index in [1.165, 1.54) is 12.1 Å². The molecule has 0 saturated heterocycles. The Morgan fingerprint density at radius 1 is 1.53 bits per heavy atom. The average molecular weight is 237 g/mol. The van der Waals surface area contributed by atoms with Crippen molar-refractivity contribution in [1.82, 2.24) is 9.55 Å². The third-order valence-corrected chi connectivity index (χ3v) is 3.40. The third kappa shape index (κ3) is 2.20. The van der Waals surface area contributed by atoms with E-state index in [1.54, 1.807) is 6.92 Å². The van der Waals surface area contributed by atoms with Gasteiger partial charge in [-0.05, 0) is 39.5 Å². The first kappa shape index (κ1) is 12.1. The maximum Gasteiger partial charge on any atom is 0.325 e. The van der Waals surface area contributed by atoms with Crippen molar-refractivity contribution in [3.05, 3.63) is 17.2 Å². The van der Waals surface area contributed by atoms with Gasteiger partial charge in [0.25, 0.3) is 0 Å². The van der Waals surface area contributed by atoms with E-state index in [0.717, 1.165) is 30.8 Å². The Bertz CT molecular complexity index is 449. The fourth-order valence-corrected chi connectivity index (χ4v) is 2.34. The van der Waals surface area contributed by atoms with Crippen LogP contribution in [0.15, 0.2) is 0 Å². The average Bonchev–Trinajstić information content (AvgIpc) is 2.55. The first-order chi connectivity index (χ1) is 7.92. The molecule has 0 amide bonds. The Morgan fingerprint density at radius 3 is 2.82 bits per heavy atom. The highest BCUT2D eigenvalue weighted by molar-refractivity contribution is 5.77. The Hall–Kier alpha value is -1.36. The molecule has 1 atom stereocenters. The van der Waals surface area contributed by atoms with Crippen LogP contribution >= 0.6 is 0 Å². The van der Waals surface area contributed by atoms with Crippen LogP contribution in [0.4, 0.5) is 0 Å². The van der Waals surface area contributed by atoms with Crippen LogP contribution in [0.5, 0.6) is 0 Å². The molecule has 0 aliphatic heterocycles. The van der Waals surface area contributed by atoms with Crippen LogP contribution in [0, 0.1) is 6.92 Å². The lowest BCUT2D eigenvalue weighted by atomic mass is 9.99. The van der Waals surface area contributed by atoms with Gasteiger partial charge in [-0.15, -0.1) is 0 Å². The normalized spacial score (nSPS) is 18.5. The molecular formula is C12H19N3O2. The molecule has 1 aliphatic carbocycles. The van der Waals surface area contributed by atoms with Crippen LogP contribution in [0.25, 0.3) is 0 Å². The zero-order chi connectivity index (χ0) is 12.6. The van der Waals surface area contributed by atoms with Crippen molar-refractivity contribution >= 4 is 5.97 Å². The summed E-state index contributed by atoms with van der Waals surface area (Å²) < 4.78 is 1.97. The van der Waals surface area contributed by atoms with Crippen molar-refractivity contribution in [2.75, 3.05) is 0 Å². The number of hydrogen-bond acceptors (Lipinski definition) is 3. The van der Waals surface area contributed by atoms with Gasteiger partial charge >= 0.3 is 5.97 Å². The Labute approximate surface area is 101 Å². The fraction of sp³-hybridized carbons (Fsp3) is 0.667. The molecule has 0 spiro atoms. The van der Waals surface area contributed by atoms with E-state index in [2.05, 4.69) is 4.98 Å². The Balaban J connectivity index is 2.33. The van der Waals surface area contributed by atoms with Crippen molar-refractivity contribution in [2.24, 2.45) is 5.73 Å². The van der Waals surface area contributed by atoms with E-state index < -0.39 is 11.5 Å². The van der Waals surface area contributed by atoms with Crippen LogP contribution < -0.4 is 5.73 Å². The molecule has 1 aromatic heterocycles. The van der Waals surface area contributed by atoms with Crippen molar-refractivity contribution in [2.45, 2.75) is 51.6 Å². The van der Waals surface area contributed by atoms with Gasteiger partial charge in [-0.3, -0.25) is 4.79 Å². The molecule has 0 radical (unpaired) electrons. The van der Waals surface area contributed by atoms with E-state index in [9.17, 15) is 4.79 Å². The summed E-state index contributed by atoms with van der Waals surface area (Å²) in [6, 6.07) is 0. The van der Waals surface area contributed by atoms with E-state index in [4.69, 9.17) is 10.8 Å². The molecule has 3 N–H and O–H groups in total. The SMILES string of the molecule is Cc1nc2c(n1CC(C)(N)C(=O)O)CCCC2. The second-order valence-corrected chi connectivity index (χ2v) is 5.07. The first-order valence-corrected chi connectivity index (χ1v) is 5.99. The van der Waals surface area contributed by atoms with Crippen molar-refractivity contribution in [3.8, 4) is 0 Å². The first-order valence-electron chi connectivity index (χ1n) is 5.99. The van der Waals surface area contributed by atoms with Gasteiger partial charge in [-0.2, -0.15) is 0 Å². The van der Waals surface area contributed by atoms with Gasteiger partial charge in [0, 0.05) is 5.69 Å². The number of imidazole rings is 1. The monoisotopic (exact) mass is 237 g/mol. The highest BCUT2D eigenvalue weighted by atomic mass is 16.4. The molecule has 2 rings (SSSR count). The molecule has 1 aliphatic rings. The minimum absolute atomic E-state index is 0.288. The molecule has 94 valence electrons. The van der Waals surface area contributed by atoms with Crippen LogP contribution in [0.3, 0.4) is 0 Å². The summed E-state index contributed by atoms with van der Waals surface area (Å²) in [5, 5.41) is 9.08. The van der Waals surface area contributed by atoms with Gasteiger partial charge in [0.15, 0.2) is 0 Å². The number of carboxylic acids is 1. The van der Waals surface area contributed by atoms with Crippen molar-refractivity contribution in [3.63, 3.8) is 0 Å². The maximum absolute atomic E-state index is 11.1. The zero-order valence-corrected chi connectivity index (χ0v) is 10.4. The second kappa shape index (κ2) is 4.14. The van der Waals surface area contributed by atoms with Gasteiger partial charge in [-0.25, -0.2) is 4.98 Å². The summed E-state index contributed by atoms with van der Waals surface area (Å²) in [5.41, 5.74) is 6.86. The van der Waals surface area contributed by atoms with Crippen LogP contribution in [-0.4, -0.2) is 26.2 Å². The lowest BCUT2D eigenvalue weighted by molar-refractivity contribution is -0.143. The number of hydrogen-bond donors (Lipinski definition) is 2. The number of rotatable bonds is 3. The molecule has 0 fully saturated rings. The van der Waals surface area contributed by atoms with E-state index >= 15 is 0 Å². The minimum Gasteiger partial charge on any atom is -0.480 e. The molecule has 0 bridgehead atoms. The minimum atomic E-state index is -1.24. The predicted molar refractivity (Wildman–Crippen MR) is 63.8 cm³/mol. The van der Waals surface area contributed by atoms with Gasteiger partial charge in [0.1, 0.15) is 11.4 Å².